The molecule has 0 unspecified atom stereocenters. The first-order valence-corrected chi connectivity index (χ1v) is 4.49. The number of carbonyl (C=O) groups excluding carboxylic acids is 1. The molecule has 2 aromatic heterocycles. The van der Waals surface area contributed by atoms with E-state index in [0.29, 0.717) is 11.3 Å². The zero-order valence-corrected chi connectivity index (χ0v) is 8.52. The lowest BCUT2D eigenvalue weighted by Gasteiger charge is -2.02. The zero-order valence-electron chi connectivity index (χ0n) is 8.52. The van der Waals surface area contributed by atoms with Crippen LogP contribution in [-0.4, -0.2) is 15.5 Å². The largest absolute Gasteiger partial charge is 0.469 e. The van der Waals surface area contributed by atoms with Crippen LogP contribution < -0.4 is 5.73 Å². The first-order valence-electron chi connectivity index (χ1n) is 4.49. The van der Waals surface area contributed by atoms with Crippen LogP contribution in [0.2, 0.25) is 0 Å². The zero-order chi connectivity index (χ0) is 11.0. The van der Waals surface area contributed by atoms with Crippen molar-refractivity contribution in [1.29, 1.82) is 0 Å². The number of aromatic nitrogens is 2. The Kier molecular flexibility index (Phi) is 2.07. The Hall–Kier alpha value is -2.04. The fourth-order valence-electron chi connectivity index (χ4n) is 1.50. The average molecular weight is 205 g/mol. The van der Waals surface area contributed by atoms with Gasteiger partial charge in [0, 0.05) is 18.0 Å². The number of nitrogens with zero attached hydrogens (tertiary/aromatic N) is 2. The predicted octanol–water partition coefficient (Wildman–Crippen LogP) is 1.36. The summed E-state index contributed by atoms with van der Waals surface area (Å²) in [7, 11) is 0. The van der Waals surface area contributed by atoms with Crippen molar-refractivity contribution in [2.75, 3.05) is 5.73 Å². The number of carbonyl (C=O) groups is 1. The first-order chi connectivity index (χ1) is 7.11. The Labute approximate surface area is 86.5 Å². The maximum atomic E-state index is 12.0. The highest BCUT2D eigenvalue weighted by molar-refractivity contribution is 5.99. The van der Waals surface area contributed by atoms with Gasteiger partial charge in [-0.05, 0) is 13.8 Å². The summed E-state index contributed by atoms with van der Waals surface area (Å²) in [6.07, 6.45) is 4.57. The number of furan rings is 1. The van der Waals surface area contributed by atoms with Crippen LogP contribution in [0.25, 0.3) is 0 Å². The molecule has 0 aromatic carbocycles. The van der Waals surface area contributed by atoms with Crippen molar-refractivity contribution in [3.63, 3.8) is 0 Å². The number of rotatable bonds is 1. The molecule has 5 nitrogen and oxygen atoms in total. The van der Waals surface area contributed by atoms with Gasteiger partial charge in [0.1, 0.15) is 5.76 Å². The SMILES string of the molecule is Cc1coc(C)c1C(=O)n1ccnc1N. The maximum Gasteiger partial charge on any atom is 0.268 e. The number of nitrogens with two attached hydrogens (primary N) is 1. The van der Waals surface area contributed by atoms with Gasteiger partial charge in [-0.15, -0.1) is 0 Å². The van der Waals surface area contributed by atoms with Crippen LogP contribution in [0.4, 0.5) is 5.95 Å². The number of nitrogen functional groups attached to an aromatic ring is 1. The van der Waals surface area contributed by atoms with Crippen molar-refractivity contribution in [2.45, 2.75) is 13.8 Å². The van der Waals surface area contributed by atoms with Crippen LogP contribution in [0.5, 0.6) is 0 Å². The van der Waals surface area contributed by atoms with Crippen molar-refractivity contribution in [1.82, 2.24) is 9.55 Å². The highest BCUT2D eigenvalue weighted by Crippen LogP contribution is 2.17. The second kappa shape index (κ2) is 3.27. The molecule has 78 valence electrons. The Morgan fingerprint density at radius 2 is 2.27 bits per heavy atom. The summed E-state index contributed by atoms with van der Waals surface area (Å²) in [6, 6.07) is 0. The third kappa shape index (κ3) is 1.41. The lowest BCUT2D eigenvalue weighted by molar-refractivity contribution is 0.0960. The van der Waals surface area contributed by atoms with Crippen LogP contribution in [-0.2, 0) is 0 Å². The van der Waals surface area contributed by atoms with E-state index in [1.165, 1.54) is 17.0 Å². The number of imidazole rings is 1. The summed E-state index contributed by atoms with van der Waals surface area (Å²) in [6.45, 7) is 3.56. The first kappa shape index (κ1) is 9.51. The van der Waals surface area contributed by atoms with Crippen LogP contribution in [0.15, 0.2) is 23.1 Å². The molecule has 15 heavy (non-hydrogen) atoms. The second-order valence-electron chi connectivity index (χ2n) is 3.31. The minimum atomic E-state index is -0.214. The van der Waals surface area contributed by atoms with Crippen molar-refractivity contribution < 1.29 is 9.21 Å². The average Bonchev–Trinajstić information content (AvgIpc) is 2.73. The van der Waals surface area contributed by atoms with E-state index >= 15 is 0 Å². The van der Waals surface area contributed by atoms with Gasteiger partial charge in [-0.2, -0.15) is 0 Å². The Morgan fingerprint density at radius 1 is 1.53 bits per heavy atom. The van der Waals surface area contributed by atoms with Gasteiger partial charge in [0.05, 0.1) is 11.8 Å². The van der Waals surface area contributed by atoms with Gasteiger partial charge in [0.25, 0.3) is 5.91 Å². The lowest BCUT2D eigenvalue weighted by Crippen LogP contribution is -2.15. The minimum absolute atomic E-state index is 0.181. The van der Waals surface area contributed by atoms with E-state index < -0.39 is 0 Å². The van der Waals surface area contributed by atoms with E-state index in [0.717, 1.165) is 5.56 Å². The highest BCUT2D eigenvalue weighted by Gasteiger charge is 2.18. The van der Waals surface area contributed by atoms with Crippen molar-refractivity contribution in [3.05, 3.63) is 35.5 Å². The van der Waals surface area contributed by atoms with Crippen LogP contribution >= 0.6 is 0 Å². The third-order valence-corrected chi connectivity index (χ3v) is 2.26. The quantitative estimate of drug-likeness (QED) is 0.762. The number of anilines is 1. The van der Waals surface area contributed by atoms with Crippen LogP contribution in [0.3, 0.4) is 0 Å². The molecule has 0 radical (unpaired) electrons. The normalized spacial score (nSPS) is 10.5. The second-order valence-corrected chi connectivity index (χ2v) is 3.31. The van der Waals surface area contributed by atoms with E-state index in [4.69, 9.17) is 10.2 Å². The molecule has 2 rings (SSSR count). The fourth-order valence-corrected chi connectivity index (χ4v) is 1.50. The van der Waals surface area contributed by atoms with Gasteiger partial charge in [-0.3, -0.25) is 9.36 Å². The summed E-state index contributed by atoms with van der Waals surface area (Å²) < 4.78 is 6.46. The molecule has 0 amide bonds. The van der Waals surface area contributed by atoms with Gasteiger partial charge in [0.2, 0.25) is 5.95 Å². The molecule has 0 atom stereocenters. The monoisotopic (exact) mass is 205 g/mol. The standard InChI is InChI=1S/C10H11N3O2/c1-6-5-15-7(2)8(6)9(14)13-4-3-12-10(13)11/h3-5H,1-2H3,(H2,11,12). The number of hydrogen-bond donors (Lipinski definition) is 1. The van der Waals surface area contributed by atoms with E-state index in [1.54, 1.807) is 13.2 Å². The van der Waals surface area contributed by atoms with Gasteiger partial charge in [-0.25, -0.2) is 4.98 Å². The molecule has 0 saturated heterocycles. The summed E-state index contributed by atoms with van der Waals surface area (Å²) in [5, 5.41) is 0. The highest BCUT2D eigenvalue weighted by atomic mass is 16.3. The molecule has 2 heterocycles. The summed E-state index contributed by atoms with van der Waals surface area (Å²) >= 11 is 0. The molecule has 0 aliphatic heterocycles. The van der Waals surface area contributed by atoms with Gasteiger partial charge in [-0.1, -0.05) is 0 Å². The molecule has 0 spiro atoms. The van der Waals surface area contributed by atoms with Gasteiger partial charge >= 0.3 is 0 Å². The number of aryl methyl sites for hydroxylation is 2. The number of hydrogen-bond acceptors (Lipinski definition) is 4. The molecule has 0 fully saturated rings. The summed E-state index contributed by atoms with van der Waals surface area (Å²) in [5.41, 5.74) is 6.89. The molecule has 0 saturated carbocycles. The van der Waals surface area contributed by atoms with E-state index in [2.05, 4.69) is 4.98 Å². The van der Waals surface area contributed by atoms with E-state index in [9.17, 15) is 4.79 Å². The Balaban J connectivity index is 2.50. The Morgan fingerprint density at radius 3 is 2.73 bits per heavy atom. The molecule has 0 bridgehead atoms. The smallest absolute Gasteiger partial charge is 0.268 e. The molecular formula is C10H11N3O2. The topological polar surface area (TPSA) is 74.0 Å². The molecule has 2 N–H and O–H groups in total. The van der Waals surface area contributed by atoms with Crippen molar-refractivity contribution in [3.8, 4) is 0 Å². The molecular weight excluding hydrogens is 194 g/mol. The lowest BCUT2D eigenvalue weighted by atomic mass is 10.1. The molecule has 0 aliphatic rings. The summed E-state index contributed by atoms with van der Waals surface area (Å²) in [4.78, 5) is 15.8. The molecule has 5 heteroatoms. The van der Waals surface area contributed by atoms with Gasteiger partial charge in [0.15, 0.2) is 0 Å². The Bertz CT molecular complexity index is 491. The fraction of sp³-hybridized carbons (Fsp3) is 0.200. The van der Waals surface area contributed by atoms with Crippen molar-refractivity contribution >= 4 is 11.9 Å². The van der Waals surface area contributed by atoms with Crippen LogP contribution in [0, 0.1) is 13.8 Å². The van der Waals surface area contributed by atoms with E-state index in [1.807, 2.05) is 6.92 Å². The maximum absolute atomic E-state index is 12.0. The summed E-state index contributed by atoms with van der Waals surface area (Å²) in [5.74, 6) is 0.555. The molecule has 0 aliphatic carbocycles. The predicted molar refractivity (Wildman–Crippen MR) is 54.5 cm³/mol. The van der Waals surface area contributed by atoms with Crippen LogP contribution in [0.1, 0.15) is 21.7 Å². The van der Waals surface area contributed by atoms with Crippen molar-refractivity contribution in [2.24, 2.45) is 0 Å². The minimum Gasteiger partial charge on any atom is -0.469 e. The molecule has 2 aromatic rings. The third-order valence-electron chi connectivity index (χ3n) is 2.26. The van der Waals surface area contributed by atoms with E-state index in [-0.39, 0.29) is 11.9 Å². The van der Waals surface area contributed by atoms with Gasteiger partial charge < -0.3 is 10.2 Å².